The second-order valence-electron chi connectivity index (χ2n) is 4.49. The highest BCUT2D eigenvalue weighted by atomic mass is 32.2. The van der Waals surface area contributed by atoms with E-state index in [1.807, 2.05) is 25.1 Å². The lowest BCUT2D eigenvalue weighted by molar-refractivity contribution is 0.582. The van der Waals surface area contributed by atoms with Crippen LogP contribution in [0.5, 0.6) is 0 Å². The molecule has 0 aliphatic carbocycles. The Labute approximate surface area is 115 Å². The van der Waals surface area contributed by atoms with Gasteiger partial charge in [0.25, 0.3) is 0 Å². The summed E-state index contributed by atoms with van der Waals surface area (Å²) in [5.41, 5.74) is 6.48. The summed E-state index contributed by atoms with van der Waals surface area (Å²) >= 11 is -1.30. The normalized spacial score (nSPS) is 24.6. The topological polar surface area (TPSA) is 66.1 Å². The molecule has 0 saturated heterocycles. The van der Waals surface area contributed by atoms with Gasteiger partial charge in [-0.05, 0) is 24.3 Å². The van der Waals surface area contributed by atoms with E-state index in [4.69, 9.17) is 5.73 Å². The third-order valence-electron chi connectivity index (χ3n) is 3.49. The molecule has 2 aromatic carbocycles. The van der Waals surface area contributed by atoms with Crippen LogP contribution in [-0.4, -0.2) is 10.7 Å². The van der Waals surface area contributed by atoms with Crippen LogP contribution >= 0.6 is 7.14 Å². The van der Waals surface area contributed by atoms with E-state index in [2.05, 4.69) is 0 Å². The van der Waals surface area contributed by atoms with Crippen LogP contribution < -0.4 is 16.3 Å². The minimum atomic E-state index is -2.77. The zero-order chi connectivity index (χ0) is 13.6. The quantitative estimate of drug-likeness (QED) is 0.497. The molecule has 1 heterocycles. The number of nitrogens with two attached hydrogens (primary N) is 1. The first-order valence-electron chi connectivity index (χ1n) is 6.09. The zero-order valence-electron chi connectivity index (χ0n) is 10.5. The Balaban J connectivity index is 2.42. The summed E-state index contributed by atoms with van der Waals surface area (Å²) in [6.07, 6.45) is 0.489. The van der Waals surface area contributed by atoms with Crippen LogP contribution in [0.25, 0.3) is 0 Å². The summed E-state index contributed by atoms with van der Waals surface area (Å²) in [7, 11) is -2.77. The van der Waals surface area contributed by atoms with Crippen molar-refractivity contribution in [3.63, 3.8) is 0 Å². The molecule has 3 nitrogen and oxygen atoms in total. The van der Waals surface area contributed by atoms with Crippen molar-refractivity contribution in [1.82, 2.24) is 0 Å². The second kappa shape index (κ2) is 4.41. The van der Waals surface area contributed by atoms with Crippen molar-refractivity contribution in [3.8, 4) is 0 Å². The first kappa shape index (κ1) is 12.8. The third kappa shape index (κ3) is 1.68. The van der Waals surface area contributed by atoms with Crippen molar-refractivity contribution in [2.75, 3.05) is 11.9 Å². The third-order valence-corrected chi connectivity index (χ3v) is 8.57. The number of benzene rings is 2. The molecule has 1 aliphatic rings. The van der Waals surface area contributed by atoms with E-state index in [0.29, 0.717) is 32.2 Å². The smallest absolute Gasteiger partial charge is 0.171 e. The van der Waals surface area contributed by atoms with Crippen LogP contribution in [0.4, 0.5) is 5.69 Å². The fraction of sp³-hybridized carbons (Fsp3) is 0.143. The molecule has 0 bridgehead atoms. The monoisotopic (exact) mass is 291 g/mol. The van der Waals surface area contributed by atoms with Crippen molar-refractivity contribution in [2.45, 2.75) is 16.7 Å². The standard InChI is InChI=1S/C14H14NO2PS/c1-2-18(16)11-7-3-4-8-12(11)19(17)13-9-5-6-10(15)14(13)18/h3-9H,2,15H2,1H3. The van der Waals surface area contributed by atoms with Crippen LogP contribution in [0.2, 0.25) is 0 Å². The van der Waals surface area contributed by atoms with Crippen LogP contribution in [-0.2, 0) is 15.7 Å². The minimum Gasteiger partial charge on any atom is -0.606 e. The van der Waals surface area contributed by atoms with Gasteiger partial charge < -0.3 is 14.9 Å². The maximum Gasteiger partial charge on any atom is 0.171 e. The Morgan fingerprint density at radius 3 is 2.58 bits per heavy atom. The number of anilines is 1. The highest BCUT2D eigenvalue weighted by Gasteiger charge is 2.43. The van der Waals surface area contributed by atoms with Crippen molar-refractivity contribution in [1.29, 1.82) is 0 Å². The van der Waals surface area contributed by atoms with E-state index in [9.17, 15) is 9.12 Å². The zero-order valence-corrected chi connectivity index (χ0v) is 12.2. The Bertz CT molecular complexity index is 702. The highest BCUT2D eigenvalue weighted by molar-refractivity contribution is 7.95. The first-order chi connectivity index (χ1) is 9.09. The predicted octanol–water partition coefficient (Wildman–Crippen LogP) is 2.08. The fourth-order valence-electron chi connectivity index (χ4n) is 2.56. The molecule has 0 aromatic heterocycles. The molecule has 0 fully saturated rings. The van der Waals surface area contributed by atoms with Gasteiger partial charge in [0.1, 0.15) is 0 Å². The molecule has 1 aliphatic heterocycles. The lowest BCUT2D eigenvalue weighted by Crippen LogP contribution is -2.34. The Kier molecular flexibility index (Phi) is 2.97. The maximum absolute atomic E-state index is 13.4. The van der Waals surface area contributed by atoms with E-state index in [1.54, 1.807) is 24.3 Å². The van der Waals surface area contributed by atoms with Crippen molar-refractivity contribution < 1.29 is 9.12 Å². The average Bonchev–Trinajstić information content (AvgIpc) is 2.44. The predicted molar refractivity (Wildman–Crippen MR) is 79.4 cm³/mol. The van der Waals surface area contributed by atoms with E-state index < -0.39 is 18.3 Å². The fourth-order valence-corrected chi connectivity index (χ4v) is 7.71. The molecule has 0 saturated carbocycles. The number of fused-ring (bicyclic) bond motifs is 2. The molecule has 2 unspecified atom stereocenters. The summed E-state index contributed by atoms with van der Waals surface area (Å²) in [4.78, 5) is 1.26. The lowest BCUT2D eigenvalue weighted by atomic mass is 10.3. The van der Waals surface area contributed by atoms with Crippen LogP contribution in [0, 0.1) is 0 Å². The summed E-state index contributed by atoms with van der Waals surface area (Å²) < 4.78 is 26.0. The molecule has 0 spiro atoms. The molecule has 3 rings (SSSR count). The molecule has 19 heavy (non-hydrogen) atoms. The van der Waals surface area contributed by atoms with Gasteiger partial charge in [0, 0.05) is 23.0 Å². The van der Waals surface area contributed by atoms with Gasteiger partial charge in [0.15, 0.2) is 16.9 Å². The molecule has 5 heteroatoms. The molecule has 2 atom stereocenters. The summed E-state index contributed by atoms with van der Waals surface area (Å²) in [6, 6.07) is 12.5. The van der Waals surface area contributed by atoms with Gasteiger partial charge in [-0.25, -0.2) is 0 Å². The van der Waals surface area contributed by atoms with Crippen LogP contribution in [0.3, 0.4) is 0 Å². The molecule has 2 N–H and O–H groups in total. The van der Waals surface area contributed by atoms with Crippen molar-refractivity contribution in [2.24, 2.45) is 0 Å². The molecule has 0 amide bonds. The first-order valence-corrected chi connectivity index (χ1v) is 9.13. The maximum atomic E-state index is 13.4. The van der Waals surface area contributed by atoms with Crippen molar-refractivity contribution in [3.05, 3.63) is 42.5 Å². The van der Waals surface area contributed by atoms with E-state index in [-0.39, 0.29) is 0 Å². The Morgan fingerprint density at radius 1 is 1.16 bits per heavy atom. The Morgan fingerprint density at radius 2 is 1.84 bits per heavy atom. The van der Waals surface area contributed by atoms with Gasteiger partial charge in [0.05, 0.1) is 10.6 Å². The Hall–Kier alpha value is -1.22. The van der Waals surface area contributed by atoms with Gasteiger partial charge in [-0.2, -0.15) is 0 Å². The highest BCUT2D eigenvalue weighted by Crippen LogP contribution is 2.51. The number of hydrogen-bond acceptors (Lipinski definition) is 3. The number of hydrogen-bond donors (Lipinski definition) is 1. The van der Waals surface area contributed by atoms with E-state index in [1.165, 1.54) is 0 Å². The number of nitrogen functional groups attached to an aromatic ring is 1. The molecular formula is C14H14NO2PS. The van der Waals surface area contributed by atoms with Crippen molar-refractivity contribution >= 4 is 34.6 Å². The van der Waals surface area contributed by atoms with E-state index >= 15 is 0 Å². The molecular weight excluding hydrogens is 277 g/mol. The second-order valence-corrected chi connectivity index (χ2v) is 8.94. The molecule has 98 valence electrons. The van der Waals surface area contributed by atoms with Gasteiger partial charge in [-0.1, -0.05) is 25.1 Å². The summed E-state index contributed by atoms with van der Waals surface area (Å²) in [5.74, 6) is 0. The summed E-state index contributed by atoms with van der Waals surface area (Å²) in [5, 5.41) is 1.29. The lowest BCUT2D eigenvalue weighted by Gasteiger charge is -2.29. The minimum absolute atomic E-state index is 0.477. The van der Waals surface area contributed by atoms with Gasteiger partial charge in [-0.15, -0.1) is 0 Å². The van der Waals surface area contributed by atoms with Gasteiger partial charge in [0.2, 0.25) is 0 Å². The largest absolute Gasteiger partial charge is 0.606 e. The average molecular weight is 291 g/mol. The van der Waals surface area contributed by atoms with Crippen LogP contribution in [0.1, 0.15) is 6.92 Å². The summed E-state index contributed by atoms with van der Waals surface area (Å²) in [6.45, 7) is 1.89. The van der Waals surface area contributed by atoms with Gasteiger partial charge in [-0.3, -0.25) is 0 Å². The van der Waals surface area contributed by atoms with Crippen LogP contribution in [0.15, 0.2) is 52.3 Å². The molecule has 0 radical (unpaired) electrons. The van der Waals surface area contributed by atoms with E-state index in [0.717, 1.165) is 0 Å². The number of rotatable bonds is 1. The SMILES string of the molecule is CCP1(=O)c2ccccc2[S+]([O-])c2cccc(N)c21. The molecule has 2 aromatic rings. The van der Waals surface area contributed by atoms with Gasteiger partial charge >= 0.3 is 0 Å².